The molecule has 1 aliphatic heterocycles. The number of alkyl halides is 3. The first-order valence-corrected chi connectivity index (χ1v) is 9.89. The number of hydrogen-bond acceptors (Lipinski definition) is 5. The van der Waals surface area contributed by atoms with E-state index in [-0.39, 0.29) is 5.54 Å². The van der Waals surface area contributed by atoms with E-state index in [2.05, 4.69) is 21.8 Å². The number of carbonyl (C=O) groups excluding carboxylic acids is 1. The Hall–Kier alpha value is -1.94. The van der Waals surface area contributed by atoms with Gasteiger partial charge in [0.05, 0.1) is 0 Å². The minimum Gasteiger partial charge on any atom is -0.475 e. The highest BCUT2D eigenvalue weighted by atomic mass is 32.1. The standard InChI is InChI=1S/C16H23N3OS.C2HF3O2/c1-2-10-19-15(20)5-8-16(19)6-3-13(4-7-16)18-12-14-17-9-11-21-14;3-2(4,5)1(6)7/h2,9,11,13,18H,1,3-8,10,12H2;(H,6,7). The highest BCUT2D eigenvalue weighted by molar-refractivity contribution is 7.09. The first-order chi connectivity index (χ1) is 13.2. The Labute approximate surface area is 165 Å². The van der Waals surface area contributed by atoms with Gasteiger partial charge < -0.3 is 15.3 Å². The van der Waals surface area contributed by atoms with Gasteiger partial charge in [0.15, 0.2) is 0 Å². The molecule has 1 aromatic heterocycles. The molecule has 0 radical (unpaired) electrons. The van der Waals surface area contributed by atoms with Crippen LogP contribution in [0.15, 0.2) is 24.2 Å². The van der Waals surface area contributed by atoms with Crippen LogP contribution in [0.2, 0.25) is 0 Å². The molecule has 0 bridgehead atoms. The molecule has 3 rings (SSSR count). The first-order valence-electron chi connectivity index (χ1n) is 9.01. The third kappa shape index (κ3) is 5.78. The monoisotopic (exact) mass is 419 g/mol. The Balaban J connectivity index is 0.000000345. The summed E-state index contributed by atoms with van der Waals surface area (Å²) in [6.45, 7) is 5.37. The van der Waals surface area contributed by atoms with E-state index in [0.29, 0.717) is 24.9 Å². The molecule has 2 heterocycles. The number of halogens is 3. The van der Waals surface area contributed by atoms with Crippen molar-refractivity contribution in [3.05, 3.63) is 29.2 Å². The van der Waals surface area contributed by atoms with Gasteiger partial charge in [0.25, 0.3) is 0 Å². The van der Waals surface area contributed by atoms with E-state index in [1.165, 1.54) is 0 Å². The molecule has 156 valence electrons. The summed E-state index contributed by atoms with van der Waals surface area (Å²) in [5, 5.41) is 13.9. The molecule has 28 heavy (non-hydrogen) atoms. The lowest BCUT2D eigenvalue weighted by Crippen LogP contribution is -2.50. The number of nitrogens with zero attached hydrogens (tertiary/aromatic N) is 2. The maximum Gasteiger partial charge on any atom is 0.490 e. The Morgan fingerprint density at radius 3 is 2.57 bits per heavy atom. The molecule has 2 fully saturated rings. The van der Waals surface area contributed by atoms with Crippen LogP contribution in [0.1, 0.15) is 43.5 Å². The van der Waals surface area contributed by atoms with Crippen molar-refractivity contribution in [2.45, 2.75) is 62.8 Å². The summed E-state index contributed by atoms with van der Waals surface area (Å²) in [6.07, 6.45) is 4.89. The minimum absolute atomic E-state index is 0.116. The van der Waals surface area contributed by atoms with Crippen molar-refractivity contribution >= 4 is 23.2 Å². The Kier molecular flexibility index (Phi) is 7.59. The Bertz CT molecular complexity index is 671. The van der Waals surface area contributed by atoms with Gasteiger partial charge in [-0.05, 0) is 32.1 Å². The third-order valence-electron chi connectivity index (χ3n) is 5.17. The summed E-state index contributed by atoms with van der Waals surface area (Å²) in [7, 11) is 0. The number of hydrogen-bond donors (Lipinski definition) is 2. The van der Waals surface area contributed by atoms with Crippen LogP contribution in [-0.4, -0.2) is 51.2 Å². The molecule has 2 N–H and O–H groups in total. The van der Waals surface area contributed by atoms with Crippen LogP contribution < -0.4 is 5.32 Å². The van der Waals surface area contributed by atoms with E-state index in [4.69, 9.17) is 9.90 Å². The topological polar surface area (TPSA) is 82.5 Å². The van der Waals surface area contributed by atoms with Crippen molar-refractivity contribution in [3.8, 4) is 0 Å². The van der Waals surface area contributed by atoms with Gasteiger partial charge in [-0.3, -0.25) is 4.79 Å². The average molecular weight is 419 g/mol. The highest BCUT2D eigenvalue weighted by Crippen LogP contribution is 2.42. The molecule has 1 saturated heterocycles. The van der Waals surface area contributed by atoms with Crippen molar-refractivity contribution < 1.29 is 27.9 Å². The quantitative estimate of drug-likeness (QED) is 0.716. The fourth-order valence-corrected chi connectivity index (χ4v) is 4.32. The molecule has 6 nitrogen and oxygen atoms in total. The fourth-order valence-electron chi connectivity index (χ4n) is 3.75. The van der Waals surface area contributed by atoms with Crippen LogP contribution in [0, 0.1) is 0 Å². The van der Waals surface area contributed by atoms with Crippen LogP contribution in [0.4, 0.5) is 13.2 Å². The van der Waals surface area contributed by atoms with E-state index in [0.717, 1.165) is 43.7 Å². The molecule has 10 heteroatoms. The largest absolute Gasteiger partial charge is 0.490 e. The number of carboxylic acid groups (broad SMARTS) is 1. The average Bonchev–Trinajstić information content (AvgIpc) is 3.26. The zero-order valence-electron chi connectivity index (χ0n) is 15.4. The van der Waals surface area contributed by atoms with Crippen molar-refractivity contribution in [1.29, 1.82) is 0 Å². The maximum absolute atomic E-state index is 12.1. The minimum atomic E-state index is -5.08. The van der Waals surface area contributed by atoms with Crippen LogP contribution in [-0.2, 0) is 16.1 Å². The van der Waals surface area contributed by atoms with Crippen LogP contribution in [0.5, 0.6) is 0 Å². The van der Waals surface area contributed by atoms with Crippen LogP contribution >= 0.6 is 11.3 Å². The summed E-state index contributed by atoms with van der Waals surface area (Å²) >= 11 is 1.70. The number of nitrogens with one attached hydrogen (secondary N) is 1. The molecule has 1 aromatic rings. The predicted octanol–water partition coefficient (Wildman–Crippen LogP) is 3.36. The van der Waals surface area contributed by atoms with Gasteiger partial charge in [-0.2, -0.15) is 13.2 Å². The summed E-state index contributed by atoms with van der Waals surface area (Å²) < 4.78 is 31.7. The van der Waals surface area contributed by atoms with Gasteiger partial charge in [0.2, 0.25) is 5.91 Å². The number of carboxylic acids is 1. The number of amides is 1. The number of aliphatic carboxylic acids is 1. The molecule has 1 aliphatic carbocycles. The van der Waals surface area contributed by atoms with Gasteiger partial charge in [-0.15, -0.1) is 17.9 Å². The second-order valence-corrected chi connectivity index (χ2v) is 7.88. The first kappa shape index (κ1) is 22.4. The van der Waals surface area contributed by atoms with Crippen molar-refractivity contribution in [1.82, 2.24) is 15.2 Å². The molecular weight excluding hydrogens is 395 g/mol. The lowest BCUT2D eigenvalue weighted by Gasteiger charge is -2.43. The number of thiazole rings is 1. The molecule has 1 spiro atoms. The van der Waals surface area contributed by atoms with E-state index < -0.39 is 12.1 Å². The Morgan fingerprint density at radius 1 is 1.43 bits per heavy atom. The van der Waals surface area contributed by atoms with Gasteiger partial charge in [-0.25, -0.2) is 9.78 Å². The van der Waals surface area contributed by atoms with Gasteiger partial charge in [0.1, 0.15) is 5.01 Å². The summed E-state index contributed by atoms with van der Waals surface area (Å²) in [4.78, 5) is 27.3. The maximum atomic E-state index is 12.1. The van der Waals surface area contributed by atoms with E-state index in [1.807, 2.05) is 17.7 Å². The molecular formula is C18H24F3N3O3S. The zero-order valence-corrected chi connectivity index (χ0v) is 16.2. The highest BCUT2D eigenvalue weighted by Gasteiger charge is 2.46. The SMILES string of the molecule is C=CCN1C(=O)CCC12CCC(NCc1nccs1)CC2.O=C(O)C(F)(F)F. The van der Waals surface area contributed by atoms with E-state index in [9.17, 15) is 18.0 Å². The number of carbonyl (C=O) groups is 2. The van der Waals surface area contributed by atoms with Gasteiger partial charge in [-0.1, -0.05) is 6.08 Å². The second kappa shape index (κ2) is 9.51. The predicted molar refractivity (Wildman–Crippen MR) is 98.8 cm³/mol. The van der Waals surface area contributed by atoms with Crippen LogP contribution in [0.3, 0.4) is 0 Å². The summed E-state index contributed by atoms with van der Waals surface area (Å²) in [5.41, 5.74) is 0.116. The summed E-state index contributed by atoms with van der Waals surface area (Å²) in [5.74, 6) is -2.45. The van der Waals surface area contributed by atoms with Crippen molar-refractivity contribution in [2.75, 3.05) is 6.54 Å². The zero-order chi connectivity index (χ0) is 20.8. The van der Waals surface area contributed by atoms with E-state index in [1.54, 1.807) is 11.3 Å². The molecule has 0 atom stereocenters. The van der Waals surface area contributed by atoms with Crippen molar-refractivity contribution in [2.24, 2.45) is 0 Å². The second-order valence-electron chi connectivity index (χ2n) is 6.90. The number of aromatic nitrogens is 1. The lowest BCUT2D eigenvalue weighted by molar-refractivity contribution is -0.192. The van der Waals surface area contributed by atoms with E-state index >= 15 is 0 Å². The number of likely N-dealkylation sites (tertiary alicyclic amines) is 1. The number of rotatable bonds is 5. The van der Waals surface area contributed by atoms with Crippen LogP contribution in [0.25, 0.3) is 0 Å². The molecule has 2 aliphatic rings. The van der Waals surface area contributed by atoms with Gasteiger partial charge >= 0.3 is 12.1 Å². The van der Waals surface area contributed by atoms with Crippen molar-refractivity contribution in [3.63, 3.8) is 0 Å². The molecule has 0 aromatic carbocycles. The molecule has 1 amide bonds. The normalized spacial score (nSPS) is 24.8. The molecule has 1 saturated carbocycles. The smallest absolute Gasteiger partial charge is 0.475 e. The fraction of sp³-hybridized carbons (Fsp3) is 0.611. The lowest BCUT2D eigenvalue weighted by atomic mass is 9.77. The third-order valence-corrected chi connectivity index (χ3v) is 5.95. The Morgan fingerprint density at radius 2 is 2.07 bits per heavy atom. The van der Waals surface area contributed by atoms with Gasteiger partial charge in [0, 0.05) is 42.7 Å². The summed E-state index contributed by atoms with van der Waals surface area (Å²) in [6, 6.07) is 0.556. The molecule has 0 unspecified atom stereocenters.